The minimum Gasteiger partial charge on any atom is -0.357 e. The molecule has 20 heavy (non-hydrogen) atoms. The second-order valence-electron chi connectivity index (χ2n) is 5.22. The third kappa shape index (κ3) is 2.53. The zero-order valence-electron chi connectivity index (χ0n) is 12.2. The molecule has 4 N–H and O–H groups in total. The van der Waals surface area contributed by atoms with Crippen molar-refractivity contribution < 1.29 is 4.79 Å². The van der Waals surface area contributed by atoms with Crippen molar-refractivity contribution in [3.05, 3.63) is 11.9 Å². The Morgan fingerprint density at radius 1 is 1.50 bits per heavy atom. The van der Waals surface area contributed by atoms with Gasteiger partial charge in [0.15, 0.2) is 0 Å². The van der Waals surface area contributed by atoms with E-state index in [2.05, 4.69) is 39.5 Å². The summed E-state index contributed by atoms with van der Waals surface area (Å²) in [5.74, 6) is 7.19. The number of rotatable bonds is 4. The van der Waals surface area contributed by atoms with Gasteiger partial charge in [0.25, 0.3) is 0 Å². The summed E-state index contributed by atoms with van der Waals surface area (Å²) < 4.78 is 0. The highest BCUT2D eigenvalue weighted by atomic mass is 16.2. The van der Waals surface area contributed by atoms with Crippen molar-refractivity contribution in [2.45, 2.75) is 38.6 Å². The van der Waals surface area contributed by atoms with Crippen LogP contribution in [0.25, 0.3) is 0 Å². The first kappa shape index (κ1) is 14.5. The van der Waals surface area contributed by atoms with Gasteiger partial charge in [0.1, 0.15) is 24.0 Å². The largest absolute Gasteiger partial charge is 0.357 e. The Hall–Kier alpha value is -1.89. The molecular weight excluding hydrogens is 256 g/mol. The molecule has 0 spiro atoms. The molecule has 1 aromatic rings. The maximum atomic E-state index is 12.0. The molecular formula is C13H22N6O. The molecule has 1 aliphatic heterocycles. The minimum atomic E-state index is -0.168. The predicted octanol–water partition coefficient (Wildman–Crippen LogP) is 0.600. The molecule has 1 unspecified atom stereocenters. The van der Waals surface area contributed by atoms with Gasteiger partial charge >= 0.3 is 0 Å². The molecule has 1 saturated heterocycles. The van der Waals surface area contributed by atoms with E-state index in [1.807, 2.05) is 0 Å². The van der Waals surface area contributed by atoms with Gasteiger partial charge in [-0.1, -0.05) is 13.8 Å². The molecule has 0 saturated carbocycles. The molecule has 7 nitrogen and oxygen atoms in total. The van der Waals surface area contributed by atoms with E-state index >= 15 is 0 Å². The molecule has 7 heteroatoms. The number of carbonyl (C=O) groups excluding carboxylic acids is 1. The van der Waals surface area contributed by atoms with E-state index in [9.17, 15) is 4.79 Å². The van der Waals surface area contributed by atoms with Crippen molar-refractivity contribution >= 4 is 17.5 Å². The maximum absolute atomic E-state index is 12.0. The number of nitrogens with one attached hydrogen (secondary N) is 2. The van der Waals surface area contributed by atoms with Crippen molar-refractivity contribution in [2.75, 3.05) is 23.9 Å². The summed E-state index contributed by atoms with van der Waals surface area (Å²) in [7, 11) is 1.66. The van der Waals surface area contributed by atoms with Crippen molar-refractivity contribution in [1.82, 2.24) is 15.3 Å². The first-order valence-corrected chi connectivity index (χ1v) is 6.89. The van der Waals surface area contributed by atoms with Crippen LogP contribution in [0.5, 0.6) is 0 Å². The molecule has 0 bridgehead atoms. The summed E-state index contributed by atoms with van der Waals surface area (Å²) in [6.45, 7) is 4.95. The smallest absolute Gasteiger partial charge is 0.242 e. The highest BCUT2D eigenvalue weighted by Gasteiger charge is 2.33. The Kier molecular flexibility index (Phi) is 4.39. The van der Waals surface area contributed by atoms with Gasteiger partial charge in [-0.2, -0.15) is 0 Å². The van der Waals surface area contributed by atoms with Gasteiger partial charge in [-0.25, -0.2) is 15.8 Å². The van der Waals surface area contributed by atoms with Crippen molar-refractivity contribution in [1.29, 1.82) is 0 Å². The van der Waals surface area contributed by atoms with Crippen LogP contribution in [-0.4, -0.2) is 35.5 Å². The molecule has 1 amide bonds. The fourth-order valence-corrected chi connectivity index (χ4v) is 2.72. The number of amides is 1. The molecule has 110 valence electrons. The first-order valence-electron chi connectivity index (χ1n) is 6.89. The van der Waals surface area contributed by atoms with E-state index in [1.165, 1.54) is 6.33 Å². The van der Waals surface area contributed by atoms with Crippen molar-refractivity contribution in [3.63, 3.8) is 0 Å². The van der Waals surface area contributed by atoms with Crippen LogP contribution in [0.3, 0.4) is 0 Å². The summed E-state index contributed by atoms with van der Waals surface area (Å²) in [5.41, 5.74) is 3.57. The zero-order valence-corrected chi connectivity index (χ0v) is 12.2. The lowest BCUT2D eigenvalue weighted by molar-refractivity contribution is -0.121. The third-order valence-corrected chi connectivity index (χ3v) is 3.65. The first-order chi connectivity index (χ1) is 9.60. The van der Waals surface area contributed by atoms with E-state index in [-0.39, 0.29) is 17.9 Å². The molecule has 2 rings (SSSR count). The normalized spacial score (nSPS) is 18.4. The number of likely N-dealkylation sites (N-methyl/N-ethyl adjacent to an activating group) is 1. The summed E-state index contributed by atoms with van der Waals surface area (Å²) in [6.07, 6.45) is 3.30. The topological polar surface area (TPSA) is 96.2 Å². The highest BCUT2D eigenvalue weighted by Crippen LogP contribution is 2.34. The van der Waals surface area contributed by atoms with Gasteiger partial charge in [-0.05, 0) is 18.8 Å². The Bertz CT molecular complexity index is 490. The predicted molar refractivity (Wildman–Crippen MR) is 78.4 cm³/mol. The van der Waals surface area contributed by atoms with Crippen LogP contribution in [0.1, 0.15) is 38.2 Å². The van der Waals surface area contributed by atoms with Crippen LogP contribution in [0, 0.1) is 0 Å². The minimum absolute atomic E-state index is 0.0260. The van der Waals surface area contributed by atoms with Crippen molar-refractivity contribution in [3.8, 4) is 0 Å². The van der Waals surface area contributed by atoms with E-state index in [4.69, 9.17) is 5.84 Å². The number of aromatic nitrogens is 2. The lowest BCUT2D eigenvalue weighted by Gasteiger charge is -2.28. The average Bonchev–Trinajstić information content (AvgIpc) is 2.94. The molecule has 0 aliphatic carbocycles. The standard InChI is InChI=1S/C13H22N6O/c1-8(2)10-11(18-14)16-7-17-12(10)19-6-4-5-9(19)13(20)15-3/h7-9H,4-6,14H2,1-3H3,(H,15,20)(H,16,17,18). The molecule has 1 atom stereocenters. The molecule has 1 fully saturated rings. The Morgan fingerprint density at radius 2 is 2.25 bits per heavy atom. The summed E-state index contributed by atoms with van der Waals surface area (Å²) >= 11 is 0. The third-order valence-electron chi connectivity index (χ3n) is 3.65. The molecule has 2 heterocycles. The molecule has 1 aliphatic rings. The van der Waals surface area contributed by atoms with Gasteiger partial charge < -0.3 is 15.6 Å². The van der Waals surface area contributed by atoms with Gasteiger partial charge in [0.05, 0.1) is 0 Å². The number of nitrogens with zero attached hydrogens (tertiary/aromatic N) is 3. The highest BCUT2D eigenvalue weighted by molar-refractivity contribution is 5.85. The number of hydrazine groups is 1. The molecule has 1 aromatic heterocycles. The van der Waals surface area contributed by atoms with Crippen LogP contribution in [0.4, 0.5) is 11.6 Å². The van der Waals surface area contributed by atoms with Crippen LogP contribution in [0.2, 0.25) is 0 Å². The summed E-state index contributed by atoms with van der Waals surface area (Å²) in [4.78, 5) is 22.6. The lowest BCUT2D eigenvalue weighted by Crippen LogP contribution is -2.43. The van der Waals surface area contributed by atoms with E-state index in [0.717, 1.165) is 30.8 Å². The SMILES string of the molecule is CNC(=O)C1CCCN1c1ncnc(NN)c1C(C)C. The second kappa shape index (κ2) is 6.04. The number of hydrogen-bond donors (Lipinski definition) is 3. The van der Waals surface area contributed by atoms with E-state index in [1.54, 1.807) is 7.05 Å². The number of anilines is 2. The van der Waals surface area contributed by atoms with Crippen LogP contribution >= 0.6 is 0 Å². The zero-order chi connectivity index (χ0) is 14.7. The number of nitrogens with two attached hydrogens (primary N) is 1. The quantitative estimate of drug-likeness (QED) is 0.551. The summed E-state index contributed by atoms with van der Waals surface area (Å²) in [6, 6.07) is -0.168. The van der Waals surface area contributed by atoms with Gasteiger partial charge in [-0.3, -0.25) is 4.79 Å². The monoisotopic (exact) mass is 278 g/mol. The van der Waals surface area contributed by atoms with Gasteiger partial charge in [-0.15, -0.1) is 0 Å². The Balaban J connectivity index is 2.43. The Labute approximate surface area is 118 Å². The van der Waals surface area contributed by atoms with E-state index in [0.29, 0.717) is 5.82 Å². The van der Waals surface area contributed by atoms with Gasteiger partial charge in [0, 0.05) is 19.2 Å². The van der Waals surface area contributed by atoms with Crippen molar-refractivity contribution in [2.24, 2.45) is 5.84 Å². The Morgan fingerprint density at radius 3 is 2.85 bits per heavy atom. The number of hydrogen-bond acceptors (Lipinski definition) is 6. The van der Waals surface area contributed by atoms with Gasteiger partial charge in [0.2, 0.25) is 5.91 Å². The number of carbonyl (C=O) groups is 1. The van der Waals surface area contributed by atoms with Crippen LogP contribution < -0.4 is 21.5 Å². The van der Waals surface area contributed by atoms with E-state index < -0.39 is 0 Å². The average molecular weight is 278 g/mol. The fraction of sp³-hybridized carbons (Fsp3) is 0.615. The maximum Gasteiger partial charge on any atom is 0.242 e. The number of nitrogen functional groups attached to an aromatic ring is 1. The summed E-state index contributed by atoms with van der Waals surface area (Å²) in [5, 5.41) is 2.72. The van der Waals surface area contributed by atoms with Crippen LogP contribution in [-0.2, 0) is 4.79 Å². The lowest BCUT2D eigenvalue weighted by atomic mass is 10.0. The molecule has 0 aromatic carbocycles. The fourth-order valence-electron chi connectivity index (χ4n) is 2.72. The molecule has 0 radical (unpaired) electrons. The van der Waals surface area contributed by atoms with Crippen LogP contribution in [0.15, 0.2) is 6.33 Å². The second-order valence-corrected chi connectivity index (χ2v) is 5.22.